The average molecular weight is 448 g/mol. The minimum atomic E-state index is -4.40. The van der Waals surface area contributed by atoms with Gasteiger partial charge in [-0.3, -0.25) is 0 Å². The van der Waals surface area contributed by atoms with Crippen LogP contribution in [-0.4, -0.2) is 17.4 Å². The lowest BCUT2D eigenvalue weighted by Crippen LogP contribution is -2.14. The zero-order valence-electron chi connectivity index (χ0n) is 15.4. The van der Waals surface area contributed by atoms with Crippen LogP contribution >= 0.6 is 11.8 Å². The molecule has 4 aromatic rings. The first-order chi connectivity index (χ1) is 14.3. The molecule has 0 saturated carbocycles. The zero-order chi connectivity index (χ0) is 21.4. The molecule has 0 atom stereocenters. The standard InChI is InChI=1S/C21H15F3N2O2S2/c22-21(23,24)16-12-10-15(11-13-16)14-29-20-25-18-8-4-5-9-19(18)26(20)30(27,28)17-6-2-1-3-7-17/h1-13H,14H2. The van der Waals surface area contributed by atoms with Gasteiger partial charge >= 0.3 is 6.18 Å². The van der Waals surface area contributed by atoms with E-state index in [4.69, 9.17) is 0 Å². The van der Waals surface area contributed by atoms with E-state index in [2.05, 4.69) is 4.98 Å². The Morgan fingerprint density at radius 1 is 0.867 bits per heavy atom. The lowest BCUT2D eigenvalue weighted by atomic mass is 10.1. The van der Waals surface area contributed by atoms with Gasteiger partial charge in [-0.15, -0.1) is 0 Å². The molecule has 0 aliphatic heterocycles. The third-order valence-electron chi connectivity index (χ3n) is 4.42. The van der Waals surface area contributed by atoms with Crippen molar-refractivity contribution in [3.05, 3.63) is 90.0 Å². The number of rotatable bonds is 5. The fourth-order valence-corrected chi connectivity index (χ4v) is 5.63. The number of hydrogen-bond acceptors (Lipinski definition) is 4. The van der Waals surface area contributed by atoms with Crippen LogP contribution in [0.1, 0.15) is 11.1 Å². The van der Waals surface area contributed by atoms with Crippen LogP contribution in [0.2, 0.25) is 0 Å². The number of benzene rings is 3. The molecule has 4 nitrogen and oxygen atoms in total. The molecule has 0 N–H and O–H groups in total. The third kappa shape index (κ3) is 3.95. The maximum atomic E-state index is 13.3. The second-order valence-electron chi connectivity index (χ2n) is 6.45. The summed E-state index contributed by atoms with van der Waals surface area (Å²) >= 11 is 1.15. The number of aromatic nitrogens is 2. The Kier molecular flexibility index (Phi) is 5.33. The summed E-state index contributed by atoms with van der Waals surface area (Å²) in [6.07, 6.45) is -4.40. The summed E-state index contributed by atoms with van der Waals surface area (Å²) in [5.74, 6) is 0.270. The van der Waals surface area contributed by atoms with Crippen molar-refractivity contribution in [2.45, 2.75) is 22.0 Å². The van der Waals surface area contributed by atoms with Gasteiger partial charge in [0.05, 0.1) is 21.5 Å². The maximum absolute atomic E-state index is 13.3. The van der Waals surface area contributed by atoms with Crippen molar-refractivity contribution in [2.24, 2.45) is 0 Å². The highest BCUT2D eigenvalue weighted by atomic mass is 32.2. The summed E-state index contributed by atoms with van der Waals surface area (Å²) in [6, 6.07) is 19.7. The predicted octanol–water partition coefficient (Wildman–Crippen LogP) is 5.58. The van der Waals surface area contributed by atoms with Crippen molar-refractivity contribution in [3.63, 3.8) is 0 Å². The van der Waals surface area contributed by atoms with Gasteiger partial charge in [0.1, 0.15) is 0 Å². The van der Waals surface area contributed by atoms with Gasteiger partial charge in [0, 0.05) is 5.75 Å². The molecule has 0 bridgehead atoms. The summed E-state index contributed by atoms with van der Waals surface area (Å²) in [5, 5.41) is 0.250. The van der Waals surface area contributed by atoms with E-state index in [-0.39, 0.29) is 15.8 Å². The summed E-state index contributed by atoms with van der Waals surface area (Å²) in [7, 11) is -3.90. The van der Waals surface area contributed by atoms with Gasteiger partial charge in [0.25, 0.3) is 10.0 Å². The lowest BCUT2D eigenvalue weighted by Gasteiger charge is -2.11. The van der Waals surface area contributed by atoms with Crippen LogP contribution in [0.4, 0.5) is 13.2 Å². The van der Waals surface area contributed by atoms with Gasteiger partial charge in [-0.05, 0) is 42.0 Å². The molecule has 0 saturated heterocycles. The Morgan fingerprint density at radius 3 is 2.17 bits per heavy atom. The number of nitrogens with zero attached hydrogens (tertiary/aromatic N) is 2. The van der Waals surface area contributed by atoms with Gasteiger partial charge in [-0.2, -0.15) is 13.2 Å². The normalized spacial score (nSPS) is 12.4. The van der Waals surface area contributed by atoms with E-state index in [1.807, 2.05) is 0 Å². The van der Waals surface area contributed by atoms with Crippen LogP contribution in [0.3, 0.4) is 0 Å². The minimum Gasteiger partial charge on any atom is -0.222 e. The molecule has 0 radical (unpaired) electrons. The molecular weight excluding hydrogens is 433 g/mol. The van der Waals surface area contributed by atoms with Crippen molar-refractivity contribution in [1.82, 2.24) is 8.96 Å². The number of hydrogen-bond donors (Lipinski definition) is 0. The Labute approximate surface area is 175 Å². The molecule has 0 spiro atoms. The van der Waals surface area contributed by atoms with Crippen molar-refractivity contribution >= 4 is 32.8 Å². The number of imidazole rings is 1. The smallest absolute Gasteiger partial charge is 0.222 e. The van der Waals surface area contributed by atoms with E-state index in [1.165, 1.54) is 28.2 Å². The van der Waals surface area contributed by atoms with Crippen LogP contribution in [0, 0.1) is 0 Å². The monoisotopic (exact) mass is 448 g/mol. The highest BCUT2D eigenvalue weighted by molar-refractivity contribution is 7.99. The van der Waals surface area contributed by atoms with E-state index < -0.39 is 21.8 Å². The first-order valence-electron chi connectivity index (χ1n) is 8.84. The molecule has 3 aromatic carbocycles. The van der Waals surface area contributed by atoms with E-state index in [9.17, 15) is 21.6 Å². The van der Waals surface area contributed by atoms with Crippen LogP contribution in [-0.2, 0) is 22.0 Å². The SMILES string of the molecule is O=S(=O)(c1ccccc1)n1c(SCc2ccc(C(F)(F)F)cc2)nc2ccccc21. The Hall–Kier alpha value is -2.78. The minimum absolute atomic E-state index is 0.129. The molecule has 9 heteroatoms. The van der Waals surface area contributed by atoms with Crippen molar-refractivity contribution in [2.75, 3.05) is 0 Å². The molecule has 4 rings (SSSR count). The first kappa shape index (κ1) is 20.5. The Bertz CT molecular complexity index is 1280. The summed E-state index contributed by atoms with van der Waals surface area (Å²) in [6.45, 7) is 0. The van der Waals surface area contributed by atoms with Crippen LogP contribution in [0.25, 0.3) is 11.0 Å². The number of para-hydroxylation sites is 2. The van der Waals surface area contributed by atoms with Crippen molar-refractivity contribution < 1.29 is 21.6 Å². The zero-order valence-corrected chi connectivity index (χ0v) is 17.0. The van der Waals surface area contributed by atoms with E-state index >= 15 is 0 Å². The van der Waals surface area contributed by atoms with Gasteiger partial charge in [-0.1, -0.05) is 54.2 Å². The summed E-state index contributed by atoms with van der Waals surface area (Å²) < 4.78 is 66.0. The Morgan fingerprint density at radius 2 is 1.50 bits per heavy atom. The predicted molar refractivity (Wildman–Crippen MR) is 110 cm³/mol. The average Bonchev–Trinajstić information content (AvgIpc) is 3.12. The summed E-state index contributed by atoms with van der Waals surface area (Å²) in [5.41, 5.74) is 0.863. The molecule has 0 aliphatic carbocycles. The molecule has 1 aromatic heterocycles. The maximum Gasteiger partial charge on any atom is 0.416 e. The molecule has 30 heavy (non-hydrogen) atoms. The number of thioether (sulfide) groups is 1. The quantitative estimate of drug-likeness (QED) is 0.374. The molecular formula is C21H15F3N2O2S2. The van der Waals surface area contributed by atoms with Gasteiger partial charge < -0.3 is 0 Å². The number of fused-ring (bicyclic) bond motifs is 1. The van der Waals surface area contributed by atoms with Gasteiger partial charge in [0.2, 0.25) is 0 Å². The Balaban J connectivity index is 1.71. The largest absolute Gasteiger partial charge is 0.416 e. The van der Waals surface area contributed by atoms with E-state index in [0.717, 1.165) is 23.9 Å². The fraction of sp³-hybridized carbons (Fsp3) is 0.0952. The summed E-state index contributed by atoms with van der Waals surface area (Å²) in [4.78, 5) is 4.57. The third-order valence-corrected chi connectivity index (χ3v) is 7.26. The van der Waals surface area contributed by atoms with Gasteiger partial charge in [-0.25, -0.2) is 17.4 Å². The first-order valence-corrected chi connectivity index (χ1v) is 11.3. The topological polar surface area (TPSA) is 52.0 Å². The van der Waals surface area contributed by atoms with Crippen molar-refractivity contribution in [1.29, 1.82) is 0 Å². The van der Waals surface area contributed by atoms with E-state index in [1.54, 1.807) is 42.5 Å². The molecule has 0 amide bonds. The molecule has 0 aliphatic rings. The molecule has 154 valence electrons. The van der Waals surface area contributed by atoms with Crippen LogP contribution < -0.4 is 0 Å². The highest BCUT2D eigenvalue weighted by Gasteiger charge is 2.30. The lowest BCUT2D eigenvalue weighted by molar-refractivity contribution is -0.137. The van der Waals surface area contributed by atoms with Crippen LogP contribution in [0.5, 0.6) is 0 Å². The number of alkyl halides is 3. The molecule has 1 heterocycles. The second kappa shape index (κ2) is 7.81. The number of halogens is 3. The van der Waals surface area contributed by atoms with Gasteiger partial charge in [0.15, 0.2) is 5.16 Å². The fourth-order valence-electron chi connectivity index (χ4n) is 2.94. The van der Waals surface area contributed by atoms with Crippen molar-refractivity contribution in [3.8, 4) is 0 Å². The molecule has 0 fully saturated rings. The molecule has 0 unspecified atom stereocenters. The highest BCUT2D eigenvalue weighted by Crippen LogP contribution is 2.32. The second-order valence-corrected chi connectivity index (χ2v) is 9.18. The van der Waals surface area contributed by atoms with E-state index in [0.29, 0.717) is 16.6 Å². The van der Waals surface area contributed by atoms with Crippen LogP contribution in [0.15, 0.2) is 88.9 Å².